The Bertz CT molecular complexity index is 334. The van der Waals surface area contributed by atoms with Gasteiger partial charge in [-0.25, -0.2) is 0 Å². The fourth-order valence-corrected chi connectivity index (χ4v) is 3.52. The Balaban J connectivity index is 1.99. The van der Waals surface area contributed by atoms with Gasteiger partial charge in [-0.2, -0.15) is 0 Å². The van der Waals surface area contributed by atoms with Gasteiger partial charge in [0, 0.05) is 39.6 Å². The Labute approximate surface area is 121 Å². The number of carbonyl (C=O) groups is 1. The van der Waals surface area contributed by atoms with Crippen LogP contribution in [-0.4, -0.2) is 60.4 Å². The average Bonchev–Trinajstić information content (AvgIpc) is 2.88. The van der Waals surface area contributed by atoms with E-state index in [4.69, 9.17) is 4.74 Å². The van der Waals surface area contributed by atoms with Crippen LogP contribution in [0.1, 0.15) is 45.4 Å². The largest absolute Gasteiger partial charge is 0.388 e. The monoisotopic (exact) mass is 284 g/mol. The fraction of sp³-hybridized carbons (Fsp3) is 0.933. The van der Waals surface area contributed by atoms with E-state index >= 15 is 0 Å². The Morgan fingerprint density at radius 3 is 2.60 bits per heavy atom. The molecule has 0 aromatic heterocycles. The predicted molar refractivity (Wildman–Crippen MR) is 77.5 cm³/mol. The van der Waals surface area contributed by atoms with Crippen molar-refractivity contribution in [3.63, 3.8) is 0 Å². The second-order valence-electron chi connectivity index (χ2n) is 6.36. The third kappa shape index (κ3) is 3.32. The van der Waals surface area contributed by atoms with Crippen LogP contribution in [0.25, 0.3) is 0 Å². The van der Waals surface area contributed by atoms with Crippen molar-refractivity contribution < 1.29 is 14.6 Å². The van der Waals surface area contributed by atoms with E-state index in [1.165, 1.54) is 0 Å². The van der Waals surface area contributed by atoms with Gasteiger partial charge in [0.15, 0.2) is 0 Å². The van der Waals surface area contributed by atoms with Crippen LogP contribution in [0.4, 0.5) is 0 Å². The van der Waals surface area contributed by atoms with E-state index in [1.54, 1.807) is 4.90 Å². The van der Waals surface area contributed by atoms with Crippen molar-refractivity contribution in [1.82, 2.24) is 10.2 Å². The van der Waals surface area contributed by atoms with Gasteiger partial charge in [0.1, 0.15) is 0 Å². The molecule has 116 valence electrons. The molecule has 2 aliphatic heterocycles. The number of amides is 1. The lowest BCUT2D eigenvalue weighted by Gasteiger charge is -2.39. The number of likely N-dealkylation sites (N-methyl/N-ethyl adjacent to an activating group) is 1. The van der Waals surface area contributed by atoms with E-state index in [0.717, 1.165) is 32.2 Å². The number of rotatable bonds is 5. The van der Waals surface area contributed by atoms with Gasteiger partial charge in [0.25, 0.3) is 0 Å². The van der Waals surface area contributed by atoms with Crippen molar-refractivity contribution in [2.24, 2.45) is 0 Å². The van der Waals surface area contributed by atoms with Crippen LogP contribution in [0.15, 0.2) is 0 Å². The minimum atomic E-state index is -0.783. The molecule has 0 saturated carbocycles. The summed E-state index contributed by atoms with van der Waals surface area (Å²) in [5, 5.41) is 14.0. The molecular weight excluding hydrogens is 256 g/mol. The standard InChI is InChI=1S/C15H28N2O3/c1-3-5-15(6-4-9-16-15)13(18)17(2)12-14(19)7-10-20-11-8-14/h16,19H,3-12H2,1-2H3. The SMILES string of the molecule is CCCC1(C(=O)N(C)CC2(O)CCOCC2)CCCN1. The van der Waals surface area contributed by atoms with Crippen LogP contribution in [0.2, 0.25) is 0 Å². The molecule has 20 heavy (non-hydrogen) atoms. The molecule has 0 bridgehead atoms. The predicted octanol–water partition coefficient (Wildman–Crippen LogP) is 0.909. The fourth-order valence-electron chi connectivity index (χ4n) is 3.52. The zero-order valence-electron chi connectivity index (χ0n) is 12.8. The van der Waals surface area contributed by atoms with Crippen molar-refractivity contribution in [3.05, 3.63) is 0 Å². The number of carbonyl (C=O) groups excluding carboxylic acids is 1. The first kappa shape index (κ1) is 15.7. The van der Waals surface area contributed by atoms with Crippen molar-refractivity contribution in [1.29, 1.82) is 0 Å². The van der Waals surface area contributed by atoms with Gasteiger partial charge < -0.3 is 20.1 Å². The summed E-state index contributed by atoms with van der Waals surface area (Å²) in [4.78, 5) is 14.5. The van der Waals surface area contributed by atoms with Gasteiger partial charge in [-0.05, 0) is 25.8 Å². The van der Waals surface area contributed by atoms with E-state index in [-0.39, 0.29) is 5.91 Å². The summed E-state index contributed by atoms with van der Waals surface area (Å²) in [7, 11) is 1.81. The van der Waals surface area contributed by atoms with Gasteiger partial charge >= 0.3 is 0 Å². The maximum absolute atomic E-state index is 12.8. The molecule has 0 aliphatic carbocycles. The molecule has 5 nitrogen and oxygen atoms in total. The minimum absolute atomic E-state index is 0.136. The molecule has 2 N–H and O–H groups in total. The molecule has 1 atom stereocenters. The van der Waals surface area contributed by atoms with E-state index in [1.807, 2.05) is 7.05 Å². The summed E-state index contributed by atoms with van der Waals surface area (Å²) in [5.74, 6) is 0.136. The number of nitrogens with zero attached hydrogens (tertiary/aromatic N) is 1. The first-order valence-corrected chi connectivity index (χ1v) is 7.82. The first-order valence-electron chi connectivity index (χ1n) is 7.82. The van der Waals surface area contributed by atoms with Gasteiger partial charge in [0.2, 0.25) is 5.91 Å². The number of aliphatic hydroxyl groups is 1. The van der Waals surface area contributed by atoms with Crippen LogP contribution in [0.5, 0.6) is 0 Å². The van der Waals surface area contributed by atoms with Gasteiger partial charge in [-0.3, -0.25) is 4.79 Å². The normalized spacial score (nSPS) is 29.4. The molecule has 2 saturated heterocycles. The van der Waals surface area contributed by atoms with Crippen LogP contribution in [0.3, 0.4) is 0 Å². The Kier molecular flexibility index (Phi) is 5.04. The summed E-state index contributed by atoms with van der Waals surface area (Å²) in [6.07, 6.45) is 5.04. The summed E-state index contributed by atoms with van der Waals surface area (Å²) in [6.45, 7) is 4.59. The molecule has 0 radical (unpaired) electrons. The summed E-state index contributed by atoms with van der Waals surface area (Å²) in [6, 6.07) is 0. The third-order valence-electron chi connectivity index (χ3n) is 4.63. The molecule has 0 aromatic carbocycles. The number of hydrogen-bond donors (Lipinski definition) is 2. The summed E-state index contributed by atoms with van der Waals surface area (Å²) < 4.78 is 5.29. The highest BCUT2D eigenvalue weighted by Gasteiger charge is 2.43. The highest BCUT2D eigenvalue weighted by atomic mass is 16.5. The van der Waals surface area contributed by atoms with Crippen molar-refractivity contribution in [2.45, 2.75) is 56.6 Å². The molecule has 2 heterocycles. The molecular formula is C15H28N2O3. The van der Waals surface area contributed by atoms with Gasteiger partial charge in [0.05, 0.1) is 11.1 Å². The molecule has 1 amide bonds. The summed E-state index contributed by atoms with van der Waals surface area (Å²) in [5.41, 5.74) is -1.18. The number of ether oxygens (including phenoxy) is 1. The Hall–Kier alpha value is -0.650. The van der Waals surface area contributed by atoms with Crippen molar-refractivity contribution >= 4 is 5.91 Å². The molecule has 2 rings (SSSR count). The maximum atomic E-state index is 12.8. The Morgan fingerprint density at radius 1 is 1.35 bits per heavy atom. The second kappa shape index (κ2) is 6.41. The van der Waals surface area contributed by atoms with Crippen LogP contribution < -0.4 is 5.32 Å². The average molecular weight is 284 g/mol. The smallest absolute Gasteiger partial charge is 0.242 e. The maximum Gasteiger partial charge on any atom is 0.242 e. The lowest BCUT2D eigenvalue weighted by atomic mass is 9.88. The van der Waals surface area contributed by atoms with E-state index in [2.05, 4.69) is 12.2 Å². The highest BCUT2D eigenvalue weighted by molar-refractivity contribution is 5.86. The number of nitrogens with one attached hydrogen (secondary N) is 1. The lowest BCUT2D eigenvalue weighted by Crippen LogP contribution is -2.57. The molecule has 5 heteroatoms. The van der Waals surface area contributed by atoms with Crippen LogP contribution in [0, 0.1) is 0 Å². The first-order chi connectivity index (χ1) is 9.51. The molecule has 0 spiro atoms. The Morgan fingerprint density at radius 2 is 2.05 bits per heavy atom. The van der Waals surface area contributed by atoms with Crippen LogP contribution >= 0.6 is 0 Å². The van der Waals surface area contributed by atoms with Crippen LogP contribution in [-0.2, 0) is 9.53 Å². The highest BCUT2D eigenvalue weighted by Crippen LogP contribution is 2.28. The number of hydrogen-bond acceptors (Lipinski definition) is 4. The zero-order chi connectivity index (χ0) is 14.6. The zero-order valence-corrected chi connectivity index (χ0v) is 12.8. The second-order valence-corrected chi connectivity index (χ2v) is 6.36. The van der Waals surface area contributed by atoms with E-state index in [0.29, 0.717) is 32.6 Å². The summed E-state index contributed by atoms with van der Waals surface area (Å²) >= 11 is 0. The molecule has 2 fully saturated rings. The topological polar surface area (TPSA) is 61.8 Å². The van der Waals surface area contributed by atoms with Crippen molar-refractivity contribution in [3.8, 4) is 0 Å². The van der Waals surface area contributed by atoms with E-state index < -0.39 is 11.1 Å². The quantitative estimate of drug-likeness (QED) is 0.788. The molecule has 0 aromatic rings. The minimum Gasteiger partial charge on any atom is -0.388 e. The van der Waals surface area contributed by atoms with Crippen molar-refractivity contribution in [2.75, 3.05) is 33.4 Å². The lowest BCUT2D eigenvalue weighted by molar-refractivity contribution is -0.143. The third-order valence-corrected chi connectivity index (χ3v) is 4.63. The molecule has 2 aliphatic rings. The van der Waals surface area contributed by atoms with E-state index in [9.17, 15) is 9.90 Å². The molecule has 1 unspecified atom stereocenters. The van der Waals surface area contributed by atoms with Gasteiger partial charge in [-0.1, -0.05) is 13.3 Å². The van der Waals surface area contributed by atoms with Gasteiger partial charge in [-0.15, -0.1) is 0 Å².